The van der Waals surface area contributed by atoms with Crippen LogP contribution in [0, 0.1) is 5.82 Å². The average molecular weight is 230 g/mol. The molecule has 0 saturated carbocycles. The molecule has 1 aromatic carbocycles. The smallest absolute Gasteiger partial charge is 0.124 e. The molecule has 0 amide bonds. The molecule has 0 aliphatic rings. The van der Waals surface area contributed by atoms with Crippen molar-refractivity contribution in [3.63, 3.8) is 0 Å². The molecule has 0 fully saturated rings. The van der Waals surface area contributed by atoms with Crippen LogP contribution in [-0.2, 0) is 6.42 Å². The summed E-state index contributed by atoms with van der Waals surface area (Å²) in [6.45, 7) is 1.91. The first-order valence-corrected chi connectivity index (χ1v) is 4.55. The molecule has 1 heterocycles. The zero-order chi connectivity index (χ0) is 10.1. The van der Waals surface area contributed by atoms with Crippen LogP contribution in [0.5, 0.6) is 0 Å². The third-order valence-electron chi connectivity index (χ3n) is 2.12. The van der Waals surface area contributed by atoms with Crippen molar-refractivity contribution in [1.29, 1.82) is 0 Å². The molecule has 3 nitrogen and oxygen atoms in total. The lowest BCUT2D eigenvalue weighted by Crippen LogP contribution is -2.18. The van der Waals surface area contributed by atoms with Crippen molar-refractivity contribution < 1.29 is 4.39 Å². The molecule has 0 aliphatic carbocycles. The number of fused-ring (bicyclic) bond motifs is 1. The van der Waals surface area contributed by atoms with Crippen molar-refractivity contribution in [2.75, 3.05) is 0 Å². The second-order valence-electron chi connectivity index (χ2n) is 3.55. The first-order valence-electron chi connectivity index (χ1n) is 4.55. The van der Waals surface area contributed by atoms with Crippen molar-refractivity contribution >= 4 is 23.3 Å². The number of nitrogens with zero attached hydrogens (tertiary/aromatic N) is 1. The van der Waals surface area contributed by atoms with Crippen LogP contribution in [0.1, 0.15) is 12.6 Å². The van der Waals surface area contributed by atoms with Gasteiger partial charge in [0.25, 0.3) is 0 Å². The van der Waals surface area contributed by atoms with E-state index < -0.39 is 0 Å². The van der Waals surface area contributed by atoms with Crippen molar-refractivity contribution in [1.82, 2.24) is 10.2 Å². The number of aromatic nitrogens is 2. The summed E-state index contributed by atoms with van der Waals surface area (Å²) in [5, 5.41) is 7.76. The summed E-state index contributed by atoms with van der Waals surface area (Å²) in [7, 11) is 0. The molecular formula is C10H13ClFN3. The van der Waals surface area contributed by atoms with Gasteiger partial charge < -0.3 is 5.73 Å². The fourth-order valence-corrected chi connectivity index (χ4v) is 1.51. The van der Waals surface area contributed by atoms with Crippen LogP contribution in [0.3, 0.4) is 0 Å². The van der Waals surface area contributed by atoms with Crippen molar-refractivity contribution in [3.8, 4) is 0 Å². The van der Waals surface area contributed by atoms with E-state index in [0.717, 1.165) is 16.6 Å². The SMILES string of the molecule is CC(N)Cc1[nH]nc2ccc(F)cc12.Cl. The lowest BCUT2D eigenvalue weighted by Gasteiger charge is -2.01. The Hall–Kier alpha value is -1.13. The molecule has 2 aromatic rings. The summed E-state index contributed by atoms with van der Waals surface area (Å²) in [5.74, 6) is -0.246. The van der Waals surface area contributed by atoms with E-state index in [4.69, 9.17) is 5.73 Å². The van der Waals surface area contributed by atoms with E-state index >= 15 is 0 Å². The number of halogens is 2. The maximum absolute atomic E-state index is 13.0. The largest absolute Gasteiger partial charge is 0.328 e. The van der Waals surface area contributed by atoms with Gasteiger partial charge in [-0.25, -0.2) is 4.39 Å². The molecule has 0 aliphatic heterocycles. The Morgan fingerprint density at radius 1 is 1.53 bits per heavy atom. The molecule has 5 heteroatoms. The maximum atomic E-state index is 13.0. The first kappa shape index (κ1) is 11.9. The van der Waals surface area contributed by atoms with Crippen LogP contribution in [0.25, 0.3) is 10.9 Å². The Kier molecular flexibility index (Phi) is 3.66. The van der Waals surface area contributed by atoms with Crippen LogP contribution < -0.4 is 5.73 Å². The fourth-order valence-electron chi connectivity index (χ4n) is 1.51. The minimum Gasteiger partial charge on any atom is -0.328 e. The summed E-state index contributed by atoms with van der Waals surface area (Å²) < 4.78 is 13.0. The van der Waals surface area contributed by atoms with E-state index in [0.29, 0.717) is 6.42 Å². The fraction of sp³-hybridized carbons (Fsp3) is 0.300. The summed E-state index contributed by atoms with van der Waals surface area (Å²) in [4.78, 5) is 0. The quantitative estimate of drug-likeness (QED) is 0.828. The van der Waals surface area contributed by atoms with Crippen LogP contribution >= 0.6 is 12.4 Å². The first-order chi connectivity index (χ1) is 6.66. The number of hydrogen-bond acceptors (Lipinski definition) is 2. The highest BCUT2D eigenvalue weighted by atomic mass is 35.5. The van der Waals surface area contributed by atoms with Gasteiger partial charge in [-0.1, -0.05) is 0 Å². The van der Waals surface area contributed by atoms with Gasteiger partial charge in [0.1, 0.15) is 5.82 Å². The van der Waals surface area contributed by atoms with Gasteiger partial charge in [-0.15, -0.1) is 12.4 Å². The van der Waals surface area contributed by atoms with E-state index in [1.54, 1.807) is 6.07 Å². The zero-order valence-corrected chi connectivity index (χ0v) is 9.14. The average Bonchev–Trinajstić information content (AvgIpc) is 2.47. The van der Waals surface area contributed by atoms with Gasteiger partial charge in [-0.3, -0.25) is 5.10 Å². The van der Waals surface area contributed by atoms with Gasteiger partial charge >= 0.3 is 0 Å². The number of aromatic amines is 1. The normalized spacial score (nSPS) is 12.5. The van der Waals surface area contributed by atoms with Gasteiger partial charge in [0, 0.05) is 23.5 Å². The van der Waals surface area contributed by atoms with E-state index in [9.17, 15) is 4.39 Å². The summed E-state index contributed by atoms with van der Waals surface area (Å²) in [5.41, 5.74) is 7.35. The molecule has 82 valence electrons. The van der Waals surface area contributed by atoms with Crippen LogP contribution in [0.15, 0.2) is 18.2 Å². The topological polar surface area (TPSA) is 54.7 Å². The van der Waals surface area contributed by atoms with Crippen LogP contribution in [0.2, 0.25) is 0 Å². The van der Waals surface area contributed by atoms with Gasteiger partial charge in [0.05, 0.1) is 5.52 Å². The zero-order valence-electron chi connectivity index (χ0n) is 8.33. The van der Waals surface area contributed by atoms with E-state index in [2.05, 4.69) is 10.2 Å². The second-order valence-corrected chi connectivity index (χ2v) is 3.55. The Morgan fingerprint density at radius 2 is 2.27 bits per heavy atom. The lowest BCUT2D eigenvalue weighted by molar-refractivity contribution is 0.629. The monoisotopic (exact) mass is 229 g/mol. The van der Waals surface area contributed by atoms with Gasteiger partial charge in [0.15, 0.2) is 0 Å². The van der Waals surface area contributed by atoms with Crippen molar-refractivity contribution in [2.24, 2.45) is 5.73 Å². The third-order valence-corrected chi connectivity index (χ3v) is 2.12. The number of nitrogens with two attached hydrogens (primary N) is 1. The maximum Gasteiger partial charge on any atom is 0.124 e. The summed E-state index contributed by atoms with van der Waals surface area (Å²) in [6, 6.07) is 4.59. The molecule has 1 unspecified atom stereocenters. The number of hydrogen-bond donors (Lipinski definition) is 2. The Morgan fingerprint density at radius 3 is 2.93 bits per heavy atom. The molecule has 0 saturated heterocycles. The standard InChI is InChI=1S/C10H12FN3.ClH/c1-6(12)4-10-8-5-7(11)2-3-9(8)13-14-10;/h2-3,5-6H,4,12H2,1H3,(H,13,14);1H. The highest BCUT2D eigenvalue weighted by molar-refractivity contribution is 5.85. The number of H-pyrrole nitrogens is 1. The van der Waals surface area contributed by atoms with Crippen LogP contribution in [0.4, 0.5) is 4.39 Å². The Bertz CT molecular complexity index is 453. The molecule has 0 radical (unpaired) electrons. The summed E-state index contributed by atoms with van der Waals surface area (Å²) >= 11 is 0. The molecule has 1 aromatic heterocycles. The molecule has 2 rings (SSSR count). The summed E-state index contributed by atoms with van der Waals surface area (Å²) in [6.07, 6.45) is 0.681. The lowest BCUT2D eigenvalue weighted by atomic mass is 10.1. The Balaban J connectivity index is 0.00000112. The van der Waals surface area contributed by atoms with Crippen molar-refractivity contribution in [2.45, 2.75) is 19.4 Å². The molecule has 3 N–H and O–H groups in total. The van der Waals surface area contributed by atoms with Gasteiger partial charge in [-0.05, 0) is 25.1 Å². The van der Waals surface area contributed by atoms with E-state index in [1.165, 1.54) is 12.1 Å². The minimum atomic E-state index is -0.246. The highest BCUT2D eigenvalue weighted by Crippen LogP contribution is 2.17. The number of rotatable bonds is 2. The van der Waals surface area contributed by atoms with E-state index in [-0.39, 0.29) is 24.3 Å². The predicted molar refractivity (Wildman–Crippen MR) is 60.7 cm³/mol. The minimum absolute atomic E-state index is 0. The number of nitrogens with one attached hydrogen (secondary N) is 1. The van der Waals surface area contributed by atoms with Gasteiger partial charge in [-0.2, -0.15) is 5.10 Å². The van der Waals surface area contributed by atoms with Crippen LogP contribution in [-0.4, -0.2) is 16.2 Å². The predicted octanol–water partition coefficient (Wildman–Crippen LogP) is 2.01. The molecular weight excluding hydrogens is 217 g/mol. The number of benzene rings is 1. The Labute approximate surface area is 93.3 Å². The molecule has 1 atom stereocenters. The highest BCUT2D eigenvalue weighted by Gasteiger charge is 2.07. The van der Waals surface area contributed by atoms with E-state index in [1.807, 2.05) is 6.92 Å². The molecule has 15 heavy (non-hydrogen) atoms. The molecule has 0 spiro atoms. The second kappa shape index (κ2) is 4.59. The van der Waals surface area contributed by atoms with Crippen molar-refractivity contribution in [3.05, 3.63) is 29.7 Å². The third kappa shape index (κ3) is 2.46. The molecule has 0 bridgehead atoms. The van der Waals surface area contributed by atoms with Gasteiger partial charge in [0.2, 0.25) is 0 Å².